The molecule has 0 aliphatic carbocycles. The molecule has 2 heterocycles. The molecule has 8 heteroatoms. The maximum Gasteiger partial charge on any atom is 0.234 e. The third-order valence-electron chi connectivity index (χ3n) is 5.04. The molecule has 33 heavy (non-hydrogen) atoms. The molecule has 1 unspecified atom stereocenters. The van der Waals surface area contributed by atoms with E-state index < -0.39 is 0 Å². The van der Waals surface area contributed by atoms with E-state index in [4.69, 9.17) is 11.6 Å². The first kappa shape index (κ1) is 23.0. The van der Waals surface area contributed by atoms with Crippen molar-refractivity contribution in [2.45, 2.75) is 30.8 Å². The van der Waals surface area contributed by atoms with E-state index in [-0.39, 0.29) is 17.1 Å². The Morgan fingerprint density at radius 2 is 1.79 bits per heavy atom. The average Bonchev–Trinajstić information content (AvgIpc) is 3.26. The summed E-state index contributed by atoms with van der Waals surface area (Å²) in [5, 5.41) is 12.9. The highest BCUT2D eigenvalue weighted by atomic mass is 35.5. The Morgan fingerprint density at radius 1 is 1.03 bits per heavy atom. The van der Waals surface area contributed by atoms with Gasteiger partial charge in [-0.3, -0.25) is 14.3 Å². The third kappa shape index (κ3) is 5.61. The molecule has 0 spiro atoms. The molecule has 1 atom stereocenters. The molecule has 0 bridgehead atoms. The van der Waals surface area contributed by atoms with Crippen LogP contribution in [0.1, 0.15) is 19.4 Å². The number of thioether (sulfide) groups is 1. The van der Waals surface area contributed by atoms with Crippen LogP contribution >= 0.6 is 23.4 Å². The second kappa shape index (κ2) is 10.6. The summed E-state index contributed by atoms with van der Waals surface area (Å²) < 4.78 is 1.98. The maximum absolute atomic E-state index is 13.1. The van der Waals surface area contributed by atoms with Gasteiger partial charge >= 0.3 is 0 Å². The van der Waals surface area contributed by atoms with E-state index in [9.17, 15) is 4.79 Å². The number of amides is 1. The quantitative estimate of drug-likeness (QED) is 0.343. The standard InChI is InChI=1S/C25H24ClN5OS/c1-17(2)22(24(32)28-16-18-7-6-14-27-15-18)33-25-30-29-23(19-10-12-20(26)13-11-19)31(25)21-8-4-3-5-9-21/h3-15,17,22H,16H2,1-2H3,(H,28,32). The molecule has 2 aromatic carbocycles. The first-order valence-electron chi connectivity index (χ1n) is 10.6. The van der Waals surface area contributed by atoms with E-state index in [2.05, 4.69) is 20.5 Å². The van der Waals surface area contributed by atoms with E-state index in [1.165, 1.54) is 11.8 Å². The second-order valence-electron chi connectivity index (χ2n) is 7.85. The molecule has 4 aromatic rings. The molecule has 0 saturated heterocycles. The van der Waals surface area contributed by atoms with Gasteiger partial charge in [0.15, 0.2) is 11.0 Å². The number of nitrogens with one attached hydrogen (secondary N) is 1. The van der Waals surface area contributed by atoms with E-state index >= 15 is 0 Å². The predicted octanol–water partition coefficient (Wildman–Crippen LogP) is 5.42. The second-order valence-corrected chi connectivity index (χ2v) is 9.39. The summed E-state index contributed by atoms with van der Waals surface area (Å²) in [6, 6.07) is 21.2. The summed E-state index contributed by atoms with van der Waals surface area (Å²) in [5.41, 5.74) is 2.77. The van der Waals surface area contributed by atoms with Gasteiger partial charge in [-0.2, -0.15) is 0 Å². The van der Waals surface area contributed by atoms with Gasteiger partial charge in [0.2, 0.25) is 5.91 Å². The van der Waals surface area contributed by atoms with Crippen molar-refractivity contribution in [2.75, 3.05) is 0 Å². The number of pyridine rings is 1. The fourth-order valence-electron chi connectivity index (χ4n) is 3.34. The first-order valence-corrected chi connectivity index (χ1v) is 11.9. The minimum Gasteiger partial charge on any atom is -0.351 e. The number of carbonyl (C=O) groups excluding carboxylic acids is 1. The van der Waals surface area contributed by atoms with Crippen molar-refractivity contribution < 1.29 is 4.79 Å². The van der Waals surface area contributed by atoms with Crippen LogP contribution < -0.4 is 5.32 Å². The van der Waals surface area contributed by atoms with Crippen LogP contribution in [0.5, 0.6) is 0 Å². The number of hydrogen-bond donors (Lipinski definition) is 1. The Hall–Kier alpha value is -3.16. The molecule has 0 aliphatic rings. The molecule has 0 fully saturated rings. The first-order chi connectivity index (χ1) is 16.0. The molecule has 168 valence electrons. The molecule has 0 aliphatic heterocycles. The molecule has 1 N–H and O–H groups in total. The number of rotatable bonds is 8. The monoisotopic (exact) mass is 477 g/mol. The number of halogens is 1. The van der Waals surface area contributed by atoms with Gasteiger partial charge in [0.05, 0.1) is 5.25 Å². The van der Waals surface area contributed by atoms with Crippen molar-refractivity contribution in [2.24, 2.45) is 5.92 Å². The largest absolute Gasteiger partial charge is 0.351 e. The lowest BCUT2D eigenvalue weighted by Gasteiger charge is -2.20. The normalized spacial score (nSPS) is 12.0. The lowest BCUT2D eigenvalue weighted by Crippen LogP contribution is -2.35. The molecule has 6 nitrogen and oxygen atoms in total. The molecule has 0 radical (unpaired) electrons. The van der Waals surface area contributed by atoms with E-state index in [0.717, 1.165) is 16.8 Å². The molecule has 4 rings (SSSR count). The summed E-state index contributed by atoms with van der Waals surface area (Å²) in [4.78, 5) is 17.2. The Balaban J connectivity index is 1.64. The van der Waals surface area contributed by atoms with Gasteiger partial charge in [0.25, 0.3) is 0 Å². The average molecular weight is 478 g/mol. The molecular formula is C25H24ClN5OS. The maximum atomic E-state index is 13.1. The van der Waals surface area contributed by atoms with Crippen LogP contribution in [0.4, 0.5) is 0 Å². The van der Waals surface area contributed by atoms with E-state index in [1.807, 2.05) is 85.1 Å². The van der Waals surface area contributed by atoms with Crippen LogP contribution in [-0.4, -0.2) is 30.9 Å². The van der Waals surface area contributed by atoms with Crippen molar-refractivity contribution in [1.29, 1.82) is 0 Å². The van der Waals surface area contributed by atoms with Gasteiger partial charge in [0, 0.05) is 35.2 Å². The SMILES string of the molecule is CC(C)C(Sc1nnc(-c2ccc(Cl)cc2)n1-c1ccccc1)C(=O)NCc1cccnc1. The van der Waals surface area contributed by atoms with Crippen LogP contribution in [0.25, 0.3) is 17.1 Å². The van der Waals surface area contributed by atoms with Crippen LogP contribution in [0, 0.1) is 5.92 Å². The van der Waals surface area contributed by atoms with Gasteiger partial charge < -0.3 is 5.32 Å². The highest BCUT2D eigenvalue weighted by Crippen LogP contribution is 2.33. The zero-order chi connectivity index (χ0) is 23.2. The van der Waals surface area contributed by atoms with Crippen LogP contribution in [-0.2, 0) is 11.3 Å². The van der Waals surface area contributed by atoms with Crippen LogP contribution in [0.15, 0.2) is 84.3 Å². The minimum atomic E-state index is -0.341. The Kier molecular flexibility index (Phi) is 7.42. The third-order valence-corrected chi connectivity index (χ3v) is 6.78. The summed E-state index contributed by atoms with van der Waals surface area (Å²) in [7, 11) is 0. The van der Waals surface area contributed by atoms with Crippen molar-refractivity contribution in [3.8, 4) is 17.1 Å². The zero-order valence-corrected chi connectivity index (χ0v) is 19.9. The lowest BCUT2D eigenvalue weighted by atomic mass is 10.1. The zero-order valence-electron chi connectivity index (χ0n) is 18.4. The number of benzene rings is 2. The number of para-hydroxylation sites is 1. The summed E-state index contributed by atoms with van der Waals surface area (Å²) in [5.74, 6) is 0.733. The fraction of sp³-hybridized carbons (Fsp3) is 0.200. The van der Waals surface area contributed by atoms with Crippen molar-refractivity contribution in [1.82, 2.24) is 25.1 Å². The van der Waals surface area contributed by atoms with Crippen LogP contribution in [0.2, 0.25) is 5.02 Å². The van der Waals surface area contributed by atoms with Crippen LogP contribution in [0.3, 0.4) is 0 Å². The number of nitrogens with zero attached hydrogens (tertiary/aromatic N) is 4. The van der Waals surface area contributed by atoms with E-state index in [1.54, 1.807) is 12.4 Å². The Bertz CT molecular complexity index is 1200. The summed E-state index contributed by atoms with van der Waals surface area (Å²) in [6.07, 6.45) is 3.47. The predicted molar refractivity (Wildman–Crippen MR) is 132 cm³/mol. The molecular weight excluding hydrogens is 454 g/mol. The highest BCUT2D eigenvalue weighted by molar-refractivity contribution is 8.00. The number of hydrogen-bond acceptors (Lipinski definition) is 5. The van der Waals surface area contributed by atoms with Crippen molar-refractivity contribution in [3.05, 3.63) is 89.7 Å². The van der Waals surface area contributed by atoms with Gasteiger partial charge in [-0.25, -0.2) is 0 Å². The molecule has 1 amide bonds. The van der Waals surface area contributed by atoms with Gasteiger partial charge in [-0.1, -0.05) is 61.5 Å². The Morgan fingerprint density at radius 3 is 2.45 bits per heavy atom. The van der Waals surface area contributed by atoms with Crippen molar-refractivity contribution >= 4 is 29.3 Å². The van der Waals surface area contributed by atoms with Gasteiger partial charge in [0.1, 0.15) is 0 Å². The lowest BCUT2D eigenvalue weighted by molar-refractivity contribution is -0.121. The number of carbonyl (C=O) groups is 1. The minimum absolute atomic E-state index is 0.0468. The highest BCUT2D eigenvalue weighted by Gasteiger charge is 2.27. The summed E-state index contributed by atoms with van der Waals surface area (Å²) >= 11 is 7.49. The smallest absolute Gasteiger partial charge is 0.234 e. The Labute approximate surface area is 202 Å². The van der Waals surface area contributed by atoms with E-state index in [0.29, 0.717) is 22.5 Å². The summed E-state index contributed by atoms with van der Waals surface area (Å²) in [6.45, 7) is 4.49. The van der Waals surface area contributed by atoms with Gasteiger partial charge in [-0.05, 0) is 53.9 Å². The number of aromatic nitrogens is 4. The van der Waals surface area contributed by atoms with Crippen molar-refractivity contribution in [3.63, 3.8) is 0 Å². The molecule has 2 aromatic heterocycles. The topological polar surface area (TPSA) is 72.7 Å². The molecule has 0 saturated carbocycles. The van der Waals surface area contributed by atoms with Gasteiger partial charge in [-0.15, -0.1) is 10.2 Å². The fourth-order valence-corrected chi connectivity index (χ4v) is 4.54.